The van der Waals surface area contributed by atoms with Gasteiger partial charge in [0.1, 0.15) is 6.61 Å². The number of halogens is 2. The summed E-state index contributed by atoms with van der Waals surface area (Å²) in [5.41, 5.74) is 0. The highest BCUT2D eigenvalue weighted by Crippen LogP contribution is 2.29. The molecule has 1 aliphatic carbocycles. The van der Waals surface area contributed by atoms with Gasteiger partial charge in [0, 0.05) is 11.5 Å². The summed E-state index contributed by atoms with van der Waals surface area (Å²) in [5.74, 6) is -1.08. The maximum atomic E-state index is 10.2. The minimum atomic E-state index is -1.26. The van der Waals surface area contributed by atoms with Gasteiger partial charge >= 0.3 is 5.97 Å². The number of hydrogen-bond acceptors (Lipinski definition) is 2. The fourth-order valence-electron chi connectivity index (χ4n) is 0.850. The van der Waals surface area contributed by atoms with Crippen LogP contribution in [0.3, 0.4) is 0 Å². The van der Waals surface area contributed by atoms with E-state index in [1.807, 2.05) is 0 Å². The summed E-state index contributed by atoms with van der Waals surface area (Å²) in [7, 11) is 0. The van der Waals surface area contributed by atoms with Crippen molar-refractivity contribution >= 4 is 29.2 Å². The molecule has 1 unspecified atom stereocenters. The van der Waals surface area contributed by atoms with Crippen LogP contribution < -0.4 is 0 Å². The number of ether oxygens (including phenoxy) is 1. The molecule has 0 spiro atoms. The summed E-state index contributed by atoms with van der Waals surface area (Å²) in [6.07, 6.45) is 6.15. The van der Waals surface area contributed by atoms with Gasteiger partial charge in [-0.1, -0.05) is 23.2 Å². The van der Waals surface area contributed by atoms with Crippen LogP contribution in [0.1, 0.15) is 6.42 Å². The second kappa shape index (κ2) is 4.13. The fourth-order valence-corrected chi connectivity index (χ4v) is 1.41. The summed E-state index contributed by atoms with van der Waals surface area (Å²) in [6, 6.07) is 0. The molecule has 0 heterocycles. The summed E-state index contributed by atoms with van der Waals surface area (Å²) < 4.78 is 4.89. The predicted octanol–water partition coefficient (Wildman–Crippen LogP) is 1.91. The lowest BCUT2D eigenvalue weighted by atomic mass is 10.1. The molecule has 3 nitrogen and oxygen atoms in total. The Balaban J connectivity index is 2.59. The van der Waals surface area contributed by atoms with Crippen molar-refractivity contribution < 1.29 is 14.6 Å². The molecule has 71 valence electrons. The Morgan fingerprint density at radius 2 is 2.54 bits per heavy atom. The number of carboxylic acid groups (broad SMARTS) is 1. The number of alkyl halides is 1. The Morgan fingerprint density at radius 3 is 3.08 bits per heavy atom. The van der Waals surface area contributed by atoms with Crippen molar-refractivity contribution in [1.29, 1.82) is 0 Å². The first-order chi connectivity index (χ1) is 6.02. The van der Waals surface area contributed by atoms with Gasteiger partial charge in [0.15, 0.2) is 5.06 Å². The number of rotatable bonds is 3. The Hall–Kier alpha value is -0.510. The van der Waals surface area contributed by atoms with Crippen LogP contribution >= 0.6 is 23.2 Å². The third-order valence-corrected chi connectivity index (χ3v) is 1.91. The van der Waals surface area contributed by atoms with E-state index in [2.05, 4.69) is 6.08 Å². The zero-order valence-corrected chi connectivity index (χ0v) is 8.10. The van der Waals surface area contributed by atoms with Crippen LogP contribution in [0.5, 0.6) is 0 Å². The fraction of sp³-hybridized carbons (Fsp3) is 0.375. The highest BCUT2D eigenvalue weighted by molar-refractivity contribution is 6.32. The highest BCUT2D eigenvalue weighted by Gasteiger charge is 2.25. The van der Waals surface area contributed by atoms with Gasteiger partial charge in [-0.2, -0.15) is 0 Å². The van der Waals surface area contributed by atoms with Crippen LogP contribution in [0, 0.1) is 6.08 Å². The lowest BCUT2D eigenvalue weighted by molar-refractivity contribution is -0.143. The first-order valence-corrected chi connectivity index (χ1v) is 4.27. The lowest BCUT2D eigenvalue weighted by Gasteiger charge is -2.21. The van der Waals surface area contributed by atoms with Crippen LogP contribution in [0.4, 0.5) is 0 Å². The van der Waals surface area contributed by atoms with E-state index >= 15 is 0 Å². The van der Waals surface area contributed by atoms with Crippen LogP contribution in [0.25, 0.3) is 0 Å². The van der Waals surface area contributed by atoms with Gasteiger partial charge in [-0.15, -0.1) is 0 Å². The van der Waals surface area contributed by atoms with Crippen molar-refractivity contribution in [2.24, 2.45) is 0 Å². The Labute approximate surface area is 85.6 Å². The molecule has 1 rings (SSSR count). The van der Waals surface area contributed by atoms with Crippen LogP contribution in [-0.2, 0) is 9.53 Å². The molecule has 0 amide bonds. The molecule has 1 radical (unpaired) electrons. The molecule has 5 heteroatoms. The smallest absolute Gasteiger partial charge is 0.329 e. The number of aliphatic carboxylic acids is 1. The normalized spacial score (nSPS) is 27.1. The molecule has 0 aliphatic heterocycles. The molecule has 0 aromatic carbocycles. The van der Waals surface area contributed by atoms with E-state index in [-0.39, 0.29) is 0 Å². The summed E-state index contributed by atoms with van der Waals surface area (Å²) >= 11 is 11.5. The second-order valence-electron chi connectivity index (χ2n) is 2.50. The monoisotopic (exact) mass is 221 g/mol. The Morgan fingerprint density at radius 1 is 1.85 bits per heavy atom. The van der Waals surface area contributed by atoms with Crippen LogP contribution in [-0.4, -0.2) is 22.7 Å². The predicted molar refractivity (Wildman–Crippen MR) is 48.5 cm³/mol. The van der Waals surface area contributed by atoms with Gasteiger partial charge in [-0.3, -0.25) is 0 Å². The average molecular weight is 222 g/mol. The van der Waals surface area contributed by atoms with Crippen molar-refractivity contribution in [3.63, 3.8) is 0 Å². The summed E-state index contributed by atoms with van der Waals surface area (Å²) in [5, 5.41) is 7.59. The van der Waals surface area contributed by atoms with E-state index in [1.54, 1.807) is 0 Å². The first-order valence-electron chi connectivity index (χ1n) is 3.51. The molecule has 1 N–H and O–H groups in total. The van der Waals surface area contributed by atoms with Gasteiger partial charge in [0.25, 0.3) is 0 Å². The van der Waals surface area contributed by atoms with Gasteiger partial charge < -0.3 is 9.84 Å². The maximum Gasteiger partial charge on any atom is 0.329 e. The van der Waals surface area contributed by atoms with Gasteiger partial charge in [0.2, 0.25) is 0 Å². The van der Waals surface area contributed by atoms with Crippen molar-refractivity contribution in [2.45, 2.75) is 11.5 Å². The molecule has 0 aromatic heterocycles. The third kappa shape index (κ3) is 3.38. The van der Waals surface area contributed by atoms with Gasteiger partial charge in [0.05, 0.1) is 0 Å². The van der Waals surface area contributed by atoms with E-state index in [1.165, 1.54) is 12.2 Å². The summed E-state index contributed by atoms with van der Waals surface area (Å²) in [6.45, 7) is -0.470. The maximum absolute atomic E-state index is 10.2. The highest BCUT2D eigenvalue weighted by atomic mass is 35.5. The number of carbonyl (C=O) groups is 1. The SMILES string of the molecule is O=C(O)COC1(Cl)C=[C]CC(Cl)=C1. The van der Waals surface area contributed by atoms with E-state index < -0.39 is 17.6 Å². The number of carboxylic acids is 1. The first kappa shape index (κ1) is 10.6. The van der Waals surface area contributed by atoms with Crippen LogP contribution in [0.15, 0.2) is 17.2 Å². The van der Waals surface area contributed by atoms with Gasteiger partial charge in [-0.25, -0.2) is 4.79 Å². The lowest BCUT2D eigenvalue weighted by Crippen LogP contribution is -2.25. The third-order valence-electron chi connectivity index (χ3n) is 1.34. The minimum absolute atomic E-state index is 0.470. The number of hydrogen-bond donors (Lipinski definition) is 1. The van der Waals surface area contributed by atoms with Crippen molar-refractivity contribution in [3.05, 3.63) is 23.3 Å². The molecule has 13 heavy (non-hydrogen) atoms. The zero-order valence-electron chi connectivity index (χ0n) is 6.59. The molecule has 1 atom stereocenters. The zero-order chi connectivity index (χ0) is 9.90. The standard InChI is InChI=1S/C8H7Cl2O3/c9-6-2-1-3-8(10,4-6)13-5-7(11)12/h3-4H,2,5H2,(H,11,12). The molecular formula is C8H7Cl2O3. The molecule has 0 saturated heterocycles. The van der Waals surface area contributed by atoms with Crippen LogP contribution in [0.2, 0.25) is 0 Å². The average Bonchev–Trinajstić information content (AvgIpc) is 2.01. The Kier molecular flexibility index (Phi) is 3.36. The number of allylic oxidation sites excluding steroid dienone is 2. The van der Waals surface area contributed by atoms with Crippen molar-refractivity contribution in [2.75, 3.05) is 6.61 Å². The molecule has 0 fully saturated rings. The Bertz CT molecular complexity index is 273. The topological polar surface area (TPSA) is 46.5 Å². The van der Waals surface area contributed by atoms with Crippen molar-refractivity contribution in [3.8, 4) is 0 Å². The largest absolute Gasteiger partial charge is 0.480 e. The molecular weight excluding hydrogens is 215 g/mol. The quantitative estimate of drug-likeness (QED) is 0.742. The van der Waals surface area contributed by atoms with E-state index in [0.717, 1.165) is 0 Å². The van der Waals surface area contributed by atoms with E-state index in [9.17, 15) is 4.79 Å². The molecule has 1 aliphatic rings. The second-order valence-corrected chi connectivity index (χ2v) is 3.57. The van der Waals surface area contributed by atoms with E-state index in [4.69, 9.17) is 33.0 Å². The molecule has 0 aromatic rings. The van der Waals surface area contributed by atoms with E-state index in [0.29, 0.717) is 11.5 Å². The minimum Gasteiger partial charge on any atom is -0.480 e. The summed E-state index contributed by atoms with van der Waals surface area (Å²) in [4.78, 5) is 10.2. The molecule has 0 saturated carbocycles. The molecule has 0 bridgehead atoms. The van der Waals surface area contributed by atoms with Gasteiger partial charge in [-0.05, 0) is 18.2 Å². The van der Waals surface area contributed by atoms with Crippen molar-refractivity contribution in [1.82, 2.24) is 0 Å².